The van der Waals surface area contributed by atoms with Crippen LogP contribution in [-0.2, 0) is 31.2 Å². The molecule has 0 N–H and O–H groups in total. The monoisotopic (exact) mass is 234 g/mol. The molecule has 0 saturated heterocycles. The van der Waals surface area contributed by atoms with Gasteiger partial charge in [-0.05, 0) is 36.0 Å². The van der Waals surface area contributed by atoms with Gasteiger partial charge in [-0.15, -0.1) is 0 Å². The Balaban J connectivity index is 0.00000225. The Morgan fingerprint density at radius 2 is 1.56 bits per heavy atom. The van der Waals surface area contributed by atoms with E-state index in [-0.39, 0.29) is 30.8 Å². The number of benzene rings is 1. The summed E-state index contributed by atoms with van der Waals surface area (Å²) in [6.45, 7) is 6.31. The van der Waals surface area contributed by atoms with E-state index < -0.39 is 0 Å². The Bertz CT molecular complexity index is 328. The zero-order valence-electron chi connectivity index (χ0n) is 9.54. The molecule has 1 rings (SSSR count). The second-order valence-electron chi connectivity index (χ2n) is 3.47. The van der Waals surface area contributed by atoms with Gasteiger partial charge in [-0.3, -0.25) is 0 Å². The Morgan fingerprint density at radius 3 is 1.88 bits per heavy atom. The van der Waals surface area contributed by atoms with Crippen LogP contribution in [0.4, 0.5) is 0 Å². The molecule has 0 aliphatic rings. The van der Waals surface area contributed by atoms with Gasteiger partial charge in [0.15, 0.2) is 11.9 Å². The fraction of sp³-hybridized carbons (Fsp3) is 0.500. The van der Waals surface area contributed by atoms with Gasteiger partial charge in [0.25, 0.3) is 0 Å². The molecule has 0 atom stereocenters. The number of hydrogen-bond donors (Lipinski definition) is 1. The third kappa shape index (κ3) is 3.66. The molecule has 0 saturated carbocycles. The van der Waals surface area contributed by atoms with Gasteiger partial charge in [0.05, 0.1) is 0 Å². The zero-order valence-corrected chi connectivity index (χ0v) is 10.4. The summed E-state index contributed by atoms with van der Waals surface area (Å²) in [6.07, 6.45) is 2.84. The van der Waals surface area contributed by atoms with E-state index in [1.54, 1.807) is 0 Å². The predicted octanol–water partition coefficient (Wildman–Crippen LogP) is 1.96. The molecule has 0 amide bonds. The summed E-state index contributed by atoms with van der Waals surface area (Å²) < 4.78 is 15.7. The fourth-order valence-electron chi connectivity index (χ4n) is 1.71. The first kappa shape index (κ1) is 15.8. The van der Waals surface area contributed by atoms with E-state index in [0.717, 1.165) is 36.1 Å². The minimum atomic E-state index is -0.271. The topological polar surface area (TPSA) is 26.3 Å². The van der Waals surface area contributed by atoms with Crippen LogP contribution in [0.25, 0.3) is 0 Å². The standard InChI is InChI=1S/C12H18O2S.Li.H/c1-4-9-7-10(5-2)12(14-15-13)11(6-3)8-9;;/h7-8,15H,4-6H2,1-3H3;;. The SMILES string of the molecule is CCc1cc(CC)c(O[SH]=O)c(CC)c1.[LiH]. The molecular formula is C12H19LiO2S. The van der Waals surface area contributed by atoms with E-state index in [4.69, 9.17) is 4.18 Å². The van der Waals surface area contributed by atoms with Crippen LogP contribution >= 0.6 is 0 Å². The van der Waals surface area contributed by atoms with Crippen molar-refractivity contribution in [2.45, 2.75) is 40.0 Å². The molecule has 2 nitrogen and oxygen atoms in total. The first-order valence-corrected chi connectivity index (χ1v) is 6.14. The second kappa shape index (κ2) is 7.95. The van der Waals surface area contributed by atoms with Crippen molar-refractivity contribution < 1.29 is 8.39 Å². The Kier molecular flexibility index (Phi) is 7.83. The van der Waals surface area contributed by atoms with Gasteiger partial charge >= 0.3 is 18.9 Å². The van der Waals surface area contributed by atoms with Crippen LogP contribution in [0.1, 0.15) is 37.5 Å². The fourth-order valence-corrected chi connectivity index (χ4v) is 2.02. The van der Waals surface area contributed by atoms with Gasteiger partial charge in [-0.2, -0.15) is 0 Å². The van der Waals surface area contributed by atoms with E-state index in [1.165, 1.54) is 5.56 Å². The van der Waals surface area contributed by atoms with Crippen molar-refractivity contribution in [1.82, 2.24) is 0 Å². The van der Waals surface area contributed by atoms with Gasteiger partial charge in [0.1, 0.15) is 5.75 Å². The quantitative estimate of drug-likeness (QED) is 0.622. The summed E-state index contributed by atoms with van der Waals surface area (Å²) in [7, 11) is 0. The molecule has 0 aliphatic heterocycles. The molecule has 0 unspecified atom stereocenters. The predicted molar refractivity (Wildman–Crippen MR) is 71.9 cm³/mol. The summed E-state index contributed by atoms with van der Waals surface area (Å²) in [4.78, 5) is 0. The van der Waals surface area contributed by atoms with Crippen LogP contribution in [-0.4, -0.2) is 23.1 Å². The van der Waals surface area contributed by atoms with Gasteiger partial charge in [-0.25, -0.2) is 4.21 Å². The summed E-state index contributed by atoms with van der Waals surface area (Å²) in [6, 6.07) is 4.28. The Hall–Kier alpha value is -0.233. The number of thiol groups is 1. The maximum atomic E-state index is 10.5. The third-order valence-electron chi connectivity index (χ3n) is 2.60. The van der Waals surface area contributed by atoms with Crippen molar-refractivity contribution >= 4 is 30.8 Å². The van der Waals surface area contributed by atoms with Crippen molar-refractivity contribution in [2.75, 3.05) is 0 Å². The molecule has 0 aromatic heterocycles. The summed E-state index contributed by atoms with van der Waals surface area (Å²) in [5, 5.41) is 0. The molecule has 0 bridgehead atoms. The molecule has 4 heteroatoms. The van der Waals surface area contributed by atoms with Crippen molar-refractivity contribution in [3.8, 4) is 5.75 Å². The number of aryl methyl sites for hydroxylation is 3. The van der Waals surface area contributed by atoms with Crippen molar-refractivity contribution in [2.24, 2.45) is 0 Å². The molecule has 0 heterocycles. The van der Waals surface area contributed by atoms with Gasteiger partial charge in [0.2, 0.25) is 0 Å². The zero-order chi connectivity index (χ0) is 11.3. The summed E-state index contributed by atoms with van der Waals surface area (Å²) in [5.41, 5.74) is 3.61. The van der Waals surface area contributed by atoms with Crippen molar-refractivity contribution in [3.05, 3.63) is 28.8 Å². The normalized spacial score (nSPS) is 9.69. The Labute approximate surface area is 114 Å². The van der Waals surface area contributed by atoms with E-state index >= 15 is 0 Å². The van der Waals surface area contributed by atoms with Gasteiger partial charge < -0.3 is 4.18 Å². The van der Waals surface area contributed by atoms with Crippen LogP contribution in [0.5, 0.6) is 5.75 Å². The molecule has 86 valence electrons. The van der Waals surface area contributed by atoms with E-state index in [1.807, 2.05) is 0 Å². The third-order valence-corrected chi connectivity index (χ3v) is 2.86. The summed E-state index contributed by atoms with van der Waals surface area (Å²) >= 11 is -0.271. The molecular weight excluding hydrogens is 215 g/mol. The molecule has 0 fully saturated rings. The number of rotatable bonds is 5. The molecule has 0 spiro atoms. The average molecular weight is 234 g/mol. The van der Waals surface area contributed by atoms with Gasteiger partial charge in [0, 0.05) is 0 Å². The Morgan fingerprint density at radius 1 is 1.06 bits per heavy atom. The van der Waals surface area contributed by atoms with E-state index in [2.05, 4.69) is 32.9 Å². The molecule has 0 radical (unpaired) electrons. The van der Waals surface area contributed by atoms with E-state index in [9.17, 15) is 4.21 Å². The molecule has 0 aliphatic carbocycles. The summed E-state index contributed by atoms with van der Waals surface area (Å²) in [5.74, 6) is 0.800. The minimum absolute atomic E-state index is 0. The van der Waals surface area contributed by atoms with E-state index in [0.29, 0.717) is 0 Å². The molecule has 1 aromatic carbocycles. The number of hydrogen-bond acceptors (Lipinski definition) is 2. The van der Waals surface area contributed by atoms with Crippen LogP contribution in [0.3, 0.4) is 0 Å². The van der Waals surface area contributed by atoms with Crippen LogP contribution in [0.2, 0.25) is 0 Å². The van der Waals surface area contributed by atoms with Gasteiger partial charge in [-0.1, -0.05) is 32.9 Å². The van der Waals surface area contributed by atoms with Crippen LogP contribution < -0.4 is 4.18 Å². The van der Waals surface area contributed by atoms with Crippen molar-refractivity contribution in [3.63, 3.8) is 0 Å². The average Bonchev–Trinajstić information content (AvgIpc) is 2.29. The van der Waals surface area contributed by atoms with Crippen molar-refractivity contribution in [1.29, 1.82) is 0 Å². The van der Waals surface area contributed by atoms with Crippen LogP contribution in [0, 0.1) is 0 Å². The maximum absolute atomic E-state index is 10.5. The second-order valence-corrected chi connectivity index (χ2v) is 3.80. The molecule has 16 heavy (non-hydrogen) atoms. The first-order chi connectivity index (χ1) is 7.26. The molecule has 1 aromatic rings. The van der Waals surface area contributed by atoms with Crippen LogP contribution in [0.15, 0.2) is 12.1 Å². The first-order valence-electron chi connectivity index (χ1n) is 5.41.